The molecule has 1 aliphatic carbocycles. The highest BCUT2D eigenvalue weighted by molar-refractivity contribution is 5.92. The second-order valence-corrected chi connectivity index (χ2v) is 7.13. The Morgan fingerprint density at radius 1 is 1.28 bits per heavy atom. The Balaban J connectivity index is 1.54. The number of alkyl halides is 3. The van der Waals surface area contributed by atoms with Crippen LogP contribution in [0.1, 0.15) is 48.3 Å². The van der Waals surface area contributed by atoms with Crippen LogP contribution in [0.3, 0.4) is 0 Å². The van der Waals surface area contributed by atoms with Gasteiger partial charge in [0.2, 0.25) is 0 Å². The van der Waals surface area contributed by atoms with E-state index in [1.54, 1.807) is 6.20 Å². The van der Waals surface area contributed by atoms with Crippen molar-refractivity contribution in [1.82, 2.24) is 15.3 Å². The number of hydrogen-bond donors (Lipinski definition) is 2. The zero-order chi connectivity index (χ0) is 20.9. The molecule has 6 nitrogen and oxygen atoms in total. The van der Waals surface area contributed by atoms with Crippen LogP contribution in [0.4, 0.5) is 19.0 Å². The van der Waals surface area contributed by atoms with Gasteiger partial charge in [0.15, 0.2) is 6.61 Å². The molecule has 1 atom stereocenters. The van der Waals surface area contributed by atoms with Crippen LogP contribution in [-0.4, -0.2) is 35.2 Å². The Hall–Kier alpha value is -2.84. The van der Waals surface area contributed by atoms with Crippen molar-refractivity contribution >= 4 is 11.7 Å². The van der Waals surface area contributed by atoms with E-state index >= 15 is 0 Å². The molecule has 2 N–H and O–H groups in total. The van der Waals surface area contributed by atoms with Crippen molar-refractivity contribution in [3.05, 3.63) is 47.9 Å². The first kappa shape index (κ1) is 20.9. The summed E-state index contributed by atoms with van der Waals surface area (Å²) in [6.07, 6.45) is 2.12. The number of halogens is 3. The van der Waals surface area contributed by atoms with E-state index in [0.29, 0.717) is 5.92 Å². The maximum Gasteiger partial charge on any atom is 0.422 e. The Labute approximate surface area is 166 Å². The monoisotopic (exact) mass is 408 g/mol. The zero-order valence-corrected chi connectivity index (χ0v) is 16.0. The van der Waals surface area contributed by atoms with E-state index in [-0.39, 0.29) is 17.5 Å². The molecular formula is C20H23F3N4O2. The van der Waals surface area contributed by atoms with Gasteiger partial charge in [-0.3, -0.25) is 4.79 Å². The lowest BCUT2D eigenvalue weighted by Gasteiger charge is -2.25. The Morgan fingerprint density at radius 2 is 2.07 bits per heavy atom. The van der Waals surface area contributed by atoms with Gasteiger partial charge in [-0.1, -0.05) is 6.42 Å². The maximum atomic E-state index is 12.4. The third-order valence-electron chi connectivity index (χ3n) is 4.80. The Kier molecular flexibility index (Phi) is 6.56. The van der Waals surface area contributed by atoms with Crippen LogP contribution in [0.5, 0.6) is 5.75 Å². The SMILES string of the molecule is CC(NC(=O)c1ccc(OCC(F)(F)F)cn1)c1ccnc(NCC2CCC2)c1. The van der Waals surface area contributed by atoms with Crippen molar-refractivity contribution in [2.24, 2.45) is 5.92 Å². The molecule has 0 spiro atoms. The lowest BCUT2D eigenvalue weighted by atomic mass is 9.85. The van der Waals surface area contributed by atoms with Gasteiger partial charge in [-0.05, 0) is 55.5 Å². The number of amides is 1. The zero-order valence-electron chi connectivity index (χ0n) is 16.0. The van der Waals surface area contributed by atoms with Gasteiger partial charge in [0.1, 0.15) is 17.3 Å². The van der Waals surface area contributed by atoms with Gasteiger partial charge in [-0.15, -0.1) is 0 Å². The number of pyridine rings is 2. The van der Waals surface area contributed by atoms with E-state index in [4.69, 9.17) is 0 Å². The predicted octanol–water partition coefficient (Wildman–Crippen LogP) is 4.12. The second kappa shape index (κ2) is 9.11. The summed E-state index contributed by atoms with van der Waals surface area (Å²) in [6, 6.07) is 6.03. The highest BCUT2D eigenvalue weighted by atomic mass is 19.4. The molecular weight excluding hydrogens is 385 g/mol. The molecule has 0 aromatic carbocycles. The maximum absolute atomic E-state index is 12.4. The molecule has 0 bridgehead atoms. The average Bonchev–Trinajstić information content (AvgIpc) is 2.65. The molecule has 9 heteroatoms. The van der Waals surface area contributed by atoms with E-state index in [2.05, 4.69) is 25.3 Å². The third-order valence-corrected chi connectivity index (χ3v) is 4.80. The van der Waals surface area contributed by atoms with Crippen LogP contribution in [-0.2, 0) is 0 Å². The number of nitrogens with zero attached hydrogens (tertiary/aromatic N) is 2. The summed E-state index contributed by atoms with van der Waals surface area (Å²) in [4.78, 5) is 20.6. The van der Waals surface area contributed by atoms with Crippen molar-refractivity contribution in [3.8, 4) is 5.75 Å². The quantitative estimate of drug-likeness (QED) is 0.687. The molecule has 0 radical (unpaired) electrons. The Bertz CT molecular complexity index is 823. The summed E-state index contributed by atoms with van der Waals surface area (Å²) >= 11 is 0. The lowest BCUT2D eigenvalue weighted by molar-refractivity contribution is -0.153. The van der Waals surface area contributed by atoms with Gasteiger partial charge in [0.25, 0.3) is 5.91 Å². The number of hydrogen-bond acceptors (Lipinski definition) is 5. The van der Waals surface area contributed by atoms with Gasteiger partial charge in [-0.2, -0.15) is 13.2 Å². The minimum Gasteiger partial charge on any atom is -0.483 e. The molecule has 0 aliphatic heterocycles. The van der Waals surface area contributed by atoms with E-state index < -0.39 is 18.7 Å². The number of ether oxygens (including phenoxy) is 1. The van der Waals surface area contributed by atoms with Crippen molar-refractivity contribution in [1.29, 1.82) is 0 Å². The number of carbonyl (C=O) groups excluding carboxylic acids is 1. The number of nitrogens with one attached hydrogen (secondary N) is 2. The van der Waals surface area contributed by atoms with Gasteiger partial charge >= 0.3 is 6.18 Å². The van der Waals surface area contributed by atoms with E-state index in [9.17, 15) is 18.0 Å². The van der Waals surface area contributed by atoms with Crippen LogP contribution >= 0.6 is 0 Å². The van der Waals surface area contributed by atoms with E-state index in [1.807, 2.05) is 19.1 Å². The largest absolute Gasteiger partial charge is 0.483 e. The smallest absolute Gasteiger partial charge is 0.422 e. The van der Waals surface area contributed by atoms with Gasteiger partial charge in [0.05, 0.1) is 12.2 Å². The molecule has 1 amide bonds. The number of anilines is 1. The molecule has 1 saturated carbocycles. The fraction of sp³-hybridized carbons (Fsp3) is 0.450. The molecule has 2 heterocycles. The molecule has 29 heavy (non-hydrogen) atoms. The first-order valence-corrected chi connectivity index (χ1v) is 9.46. The fourth-order valence-corrected chi connectivity index (χ4v) is 2.88. The van der Waals surface area contributed by atoms with Crippen molar-refractivity contribution in [3.63, 3.8) is 0 Å². The molecule has 1 aliphatic rings. The van der Waals surface area contributed by atoms with Crippen LogP contribution in [0.25, 0.3) is 0 Å². The highest BCUT2D eigenvalue weighted by Gasteiger charge is 2.28. The fourth-order valence-electron chi connectivity index (χ4n) is 2.88. The minimum absolute atomic E-state index is 0.0526. The predicted molar refractivity (Wildman–Crippen MR) is 102 cm³/mol. The topological polar surface area (TPSA) is 76.1 Å². The summed E-state index contributed by atoms with van der Waals surface area (Å²) in [5.41, 5.74) is 0.975. The lowest BCUT2D eigenvalue weighted by Crippen LogP contribution is -2.27. The van der Waals surface area contributed by atoms with Crippen molar-refractivity contribution < 1.29 is 22.7 Å². The minimum atomic E-state index is -4.43. The summed E-state index contributed by atoms with van der Waals surface area (Å²) in [5, 5.41) is 6.15. The average molecular weight is 408 g/mol. The number of aromatic nitrogens is 2. The summed E-state index contributed by atoms with van der Waals surface area (Å²) < 4.78 is 41.1. The Morgan fingerprint density at radius 3 is 2.69 bits per heavy atom. The second-order valence-electron chi connectivity index (χ2n) is 7.13. The van der Waals surface area contributed by atoms with Crippen molar-refractivity contribution in [2.75, 3.05) is 18.5 Å². The summed E-state index contributed by atoms with van der Waals surface area (Å²) in [7, 11) is 0. The third kappa shape index (κ3) is 6.33. The standard InChI is InChI=1S/C20H23F3N4O2/c1-13(15-7-8-24-18(9-15)26-10-14-3-2-4-14)27-19(28)17-6-5-16(11-25-17)29-12-20(21,22)23/h5-9,11,13-14H,2-4,10,12H2,1H3,(H,24,26)(H,27,28). The summed E-state index contributed by atoms with van der Waals surface area (Å²) in [5.74, 6) is 0.982. The number of rotatable bonds is 8. The molecule has 3 rings (SSSR count). The molecule has 0 saturated heterocycles. The van der Waals surface area contributed by atoms with E-state index in [0.717, 1.165) is 24.1 Å². The van der Waals surface area contributed by atoms with Crippen LogP contribution < -0.4 is 15.4 Å². The number of carbonyl (C=O) groups is 1. The molecule has 1 fully saturated rings. The van der Waals surface area contributed by atoms with Crippen molar-refractivity contribution in [2.45, 2.75) is 38.4 Å². The van der Waals surface area contributed by atoms with Gasteiger partial charge in [-0.25, -0.2) is 9.97 Å². The normalized spacial score (nSPS) is 15.3. The first-order valence-electron chi connectivity index (χ1n) is 9.46. The first-order chi connectivity index (χ1) is 13.8. The highest BCUT2D eigenvalue weighted by Crippen LogP contribution is 2.26. The van der Waals surface area contributed by atoms with Crippen LogP contribution in [0.15, 0.2) is 36.7 Å². The molecule has 2 aromatic rings. The molecule has 1 unspecified atom stereocenters. The van der Waals surface area contributed by atoms with Gasteiger partial charge < -0.3 is 15.4 Å². The summed E-state index contributed by atoms with van der Waals surface area (Å²) in [6.45, 7) is 1.32. The molecule has 156 valence electrons. The molecule has 2 aromatic heterocycles. The van der Waals surface area contributed by atoms with E-state index in [1.165, 1.54) is 31.4 Å². The van der Waals surface area contributed by atoms with Gasteiger partial charge in [0, 0.05) is 12.7 Å². The van der Waals surface area contributed by atoms with Crippen LogP contribution in [0, 0.1) is 5.92 Å². The van der Waals surface area contributed by atoms with Crippen LogP contribution in [0.2, 0.25) is 0 Å².